The van der Waals surface area contributed by atoms with E-state index in [1.807, 2.05) is 30.3 Å². The molecule has 0 bridgehead atoms. The molecule has 4 aromatic rings. The number of rotatable bonds is 0. The summed E-state index contributed by atoms with van der Waals surface area (Å²) in [6.45, 7) is 0. The molecule has 21 heavy (non-hydrogen) atoms. The van der Waals surface area contributed by atoms with E-state index in [2.05, 4.69) is 9.97 Å². The van der Waals surface area contributed by atoms with E-state index >= 15 is 0 Å². The molecule has 0 aliphatic heterocycles. The summed E-state index contributed by atoms with van der Waals surface area (Å²) < 4.78 is 3.40. The Labute approximate surface area is 118 Å². The smallest absolute Gasteiger partial charge is 0.337 e. The Kier molecular flexibility index (Phi) is 2.16. The lowest BCUT2D eigenvalue weighted by atomic mass is 10.2. The predicted molar refractivity (Wildman–Crippen MR) is 76.7 cm³/mol. The average molecular weight is 276 g/mol. The Morgan fingerprint density at radius 3 is 3.00 bits per heavy atom. The molecule has 0 aliphatic carbocycles. The van der Waals surface area contributed by atoms with Gasteiger partial charge < -0.3 is 4.98 Å². The van der Waals surface area contributed by atoms with Crippen LogP contribution in [0, 0.1) is 11.3 Å². The van der Waals surface area contributed by atoms with Gasteiger partial charge in [0.2, 0.25) is 0 Å². The molecule has 1 aromatic carbocycles. The first-order valence-electron chi connectivity index (χ1n) is 6.42. The van der Waals surface area contributed by atoms with Crippen molar-refractivity contribution >= 4 is 27.8 Å². The minimum absolute atomic E-state index is 0.0880. The Bertz CT molecular complexity index is 1130. The number of H-pyrrole nitrogens is 1. The normalized spacial score (nSPS) is 11.2. The molecule has 0 spiro atoms. The van der Waals surface area contributed by atoms with E-state index in [4.69, 9.17) is 0 Å². The van der Waals surface area contributed by atoms with E-state index in [9.17, 15) is 10.1 Å². The van der Waals surface area contributed by atoms with Crippen LogP contribution in [0.2, 0.25) is 0 Å². The predicted octanol–water partition coefficient (Wildman–Crippen LogP) is 1.03. The van der Waals surface area contributed by atoms with Crippen molar-refractivity contribution in [2.75, 3.05) is 0 Å². The van der Waals surface area contributed by atoms with Crippen LogP contribution >= 0.6 is 0 Å². The van der Waals surface area contributed by atoms with Crippen LogP contribution in [0.25, 0.3) is 27.8 Å². The zero-order valence-electron chi connectivity index (χ0n) is 11.2. The van der Waals surface area contributed by atoms with E-state index in [-0.39, 0.29) is 11.0 Å². The molecule has 3 heterocycles. The summed E-state index contributed by atoms with van der Waals surface area (Å²) in [6.07, 6.45) is 3.55. The second-order valence-electron chi connectivity index (χ2n) is 4.87. The van der Waals surface area contributed by atoms with Crippen LogP contribution in [-0.2, 0) is 7.05 Å². The maximum Gasteiger partial charge on any atom is 0.337 e. The summed E-state index contributed by atoms with van der Waals surface area (Å²) in [7, 11) is 1.77. The van der Waals surface area contributed by atoms with Crippen molar-refractivity contribution in [3.05, 3.63) is 52.4 Å². The molecule has 6 nitrogen and oxygen atoms in total. The molecular weight excluding hydrogens is 266 g/mol. The Morgan fingerprint density at radius 2 is 2.19 bits per heavy atom. The van der Waals surface area contributed by atoms with Gasteiger partial charge in [-0.25, -0.2) is 9.55 Å². The number of aromatic nitrogens is 4. The maximum absolute atomic E-state index is 12.5. The third-order valence-corrected chi connectivity index (χ3v) is 3.64. The molecule has 4 rings (SSSR count). The minimum atomic E-state index is -0.300. The van der Waals surface area contributed by atoms with E-state index < -0.39 is 0 Å². The molecule has 6 heteroatoms. The number of aryl methyl sites for hydroxylation is 1. The van der Waals surface area contributed by atoms with Gasteiger partial charge in [0.15, 0.2) is 0 Å². The van der Waals surface area contributed by atoms with Crippen LogP contribution in [0.5, 0.6) is 0 Å². The number of benzene rings is 1. The Morgan fingerprint density at radius 1 is 1.38 bits per heavy atom. The van der Waals surface area contributed by atoms with Crippen LogP contribution < -0.4 is 10.00 Å². The van der Waals surface area contributed by atoms with Crippen LogP contribution in [-0.4, -0.2) is 14.4 Å². The quantitative estimate of drug-likeness (QED) is 0.385. The number of imidazole rings is 1. The van der Waals surface area contributed by atoms with E-state index in [1.54, 1.807) is 28.4 Å². The molecule has 100 valence electrons. The topological polar surface area (TPSA) is 77.8 Å². The fourth-order valence-corrected chi connectivity index (χ4v) is 2.64. The molecule has 0 saturated heterocycles. The average Bonchev–Trinajstić information content (AvgIpc) is 2.89. The summed E-state index contributed by atoms with van der Waals surface area (Å²) in [6, 6.07) is 9.53. The molecule has 0 unspecified atom stereocenters. The number of nitrogens with one attached hydrogen (secondary N) is 1. The molecule has 1 N–H and O–H groups in total. The summed E-state index contributed by atoms with van der Waals surface area (Å²) in [5.74, 6) is 0. The van der Waals surface area contributed by atoms with Crippen LogP contribution in [0.15, 0.2) is 41.5 Å². The minimum Gasteiger partial charge on any atom is -0.348 e. The maximum atomic E-state index is 12.5. The van der Waals surface area contributed by atoms with Gasteiger partial charge in [-0.15, -0.1) is 0 Å². The number of pyridine rings is 1. The van der Waals surface area contributed by atoms with E-state index in [0.29, 0.717) is 16.8 Å². The summed E-state index contributed by atoms with van der Waals surface area (Å²) >= 11 is 0. The van der Waals surface area contributed by atoms with Crippen molar-refractivity contribution in [3.63, 3.8) is 0 Å². The van der Waals surface area contributed by atoms with Crippen molar-refractivity contribution in [1.29, 1.82) is 5.26 Å². The summed E-state index contributed by atoms with van der Waals surface area (Å²) in [5.41, 5.74) is 2.82. The van der Waals surface area contributed by atoms with Gasteiger partial charge in [0.1, 0.15) is 29.5 Å². The zero-order chi connectivity index (χ0) is 14.6. The van der Waals surface area contributed by atoms with Crippen LogP contribution in [0.3, 0.4) is 0 Å². The van der Waals surface area contributed by atoms with Crippen molar-refractivity contribution in [1.82, 2.24) is 14.4 Å². The number of fused-ring (bicyclic) bond motifs is 4. The Balaban J connectivity index is 2.39. The standard InChI is InChI=1S/C15H9N5O/c1-19-6-7-20-14-12(9(8-16)13(21)15(19)20)17-10-4-2-3-5-11(10)18-14/h2-7H,1H3/p+1. The number of aromatic amines is 1. The second kappa shape index (κ2) is 3.90. The van der Waals surface area contributed by atoms with Gasteiger partial charge in [0.25, 0.3) is 11.1 Å². The van der Waals surface area contributed by atoms with Gasteiger partial charge >= 0.3 is 5.65 Å². The lowest BCUT2D eigenvalue weighted by Gasteiger charge is -2.02. The molecule has 0 radical (unpaired) electrons. The highest BCUT2D eigenvalue weighted by Crippen LogP contribution is 2.17. The molecule has 0 aliphatic rings. The third kappa shape index (κ3) is 1.43. The van der Waals surface area contributed by atoms with E-state index in [0.717, 1.165) is 11.0 Å². The highest BCUT2D eigenvalue weighted by molar-refractivity contribution is 5.88. The van der Waals surface area contributed by atoms with Gasteiger partial charge in [0.05, 0.1) is 18.1 Å². The van der Waals surface area contributed by atoms with Gasteiger partial charge in [-0.2, -0.15) is 9.66 Å². The van der Waals surface area contributed by atoms with Crippen molar-refractivity contribution in [2.24, 2.45) is 7.05 Å². The SMILES string of the molecule is C[n+]1ccn2c3nc4ccccc4[nH]c3c(C#N)c(=O)c21. The van der Waals surface area contributed by atoms with Crippen LogP contribution in [0.4, 0.5) is 0 Å². The van der Waals surface area contributed by atoms with Crippen molar-refractivity contribution < 1.29 is 4.57 Å². The molecule has 0 atom stereocenters. The zero-order valence-corrected chi connectivity index (χ0v) is 11.2. The highest BCUT2D eigenvalue weighted by atomic mass is 16.1. The molecule has 3 aromatic heterocycles. The number of para-hydroxylation sites is 2. The highest BCUT2D eigenvalue weighted by Gasteiger charge is 2.22. The number of nitrogens with zero attached hydrogens (tertiary/aromatic N) is 4. The number of hydrogen-bond donors (Lipinski definition) is 1. The molecular formula is C15H10N5O+. The lowest BCUT2D eigenvalue weighted by molar-refractivity contribution is -0.644. The lowest BCUT2D eigenvalue weighted by Crippen LogP contribution is -2.32. The summed E-state index contributed by atoms with van der Waals surface area (Å²) in [4.78, 5) is 20.2. The van der Waals surface area contributed by atoms with E-state index in [1.165, 1.54) is 0 Å². The first-order chi connectivity index (χ1) is 10.2. The second-order valence-corrected chi connectivity index (χ2v) is 4.87. The first-order valence-corrected chi connectivity index (χ1v) is 6.42. The monoisotopic (exact) mass is 276 g/mol. The van der Waals surface area contributed by atoms with Crippen molar-refractivity contribution in [3.8, 4) is 6.07 Å². The van der Waals surface area contributed by atoms with Crippen LogP contribution in [0.1, 0.15) is 5.56 Å². The number of nitriles is 1. The molecule has 0 saturated carbocycles. The van der Waals surface area contributed by atoms with Crippen molar-refractivity contribution in [2.45, 2.75) is 0 Å². The molecule has 0 amide bonds. The third-order valence-electron chi connectivity index (χ3n) is 3.64. The fourth-order valence-electron chi connectivity index (χ4n) is 2.64. The largest absolute Gasteiger partial charge is 0.348 e. The van der Waals surface area contributed by atoms with Gasteiger partial charge in [-0.1, -0.05) is 12.1 Å². The van der Waals surface area contributed by atoms with Gasteiger partial charge in [-0.3, -0.25) is 4.79 Å². The Hall–Kier alpha value is -3.20. The summed E-state index contributed by atoms with van der Waals surface area (Å²) in [5, 5.41) is 9.36. The fraction of sp³-hybridized carbons (Fsp3) is 0.0667. The van der Waals surface area contributed by atoms with Gasteiger partial charge in [-0.05, 0) is 12.1 Å². The van der Waals surface area contributed by atoms with Gasteiger partial charge in [0, 0.05) is 0 Å². The molecule has 0 fully saturated rings. The first kappa shape index (κ1) is 11.6. The number of hydrogen-bond acceptors (Lipinski definition) is 3.